The number of allylic oxidation sites excluding steroid dienone is 1. The first-order valence-electron chi connectivity index (χ1n) is 8.06. The summed E-state index contributed by atoms with van der Waals surface area (Å²) in [4.78, 5) is 27.2. The molecule has 7 heteroatoms. The van der Waals surface area contributed by atoms with E-state index in [1.807, 2.05) is 24.3 Å². The molecule has 0 saturated heterocycles. The van der Waals surface area contributed by atoms with Gasteiger partial charge >= 0.3 is 10.8 Å². The number of aromatic nitrogens is 1. The summed E-state index contributed by atoms with van der Waals surface area (Å²) in [5.74, 6) is -0.860. The zero-order valence-electron chi connectivity index (χ0n) is 13.5. The summed E-state index contributed by atoms with van der Waals surface area (Å²) in [6, 6.07) is 7.70. The van der Waals surface area contributed by atoms with Crippen molar-refractivity contribution in [3.05, 3.63) is 44.4 Å². The monoisotopic (exact) mass is 358 g/mol. The fourth-order valence-corrected chi connectivity index (χ4v) is 3.59. The molecule has 0 atom stereocenters. The van der Waals surface area contributed by atoms with Gasteiger partial charge in [-0.05, 0) is 25.0 Å². The van der Waals surface area contributed by atoms with Gasteiger partial charge in [0.05, 0.1) is 10.6 Å². The zero-order chi connectivity index (χ0) is 17.8. The third-order valence-corrected chi connectivity index (χ3v) is 4.93. The van der Waals surface area contributed by atoms with Gasteiger partial charge in [0.1, 0.15) is 0 Å². The molecule has 2 aromatic rings. The van der Waals surface area contributed by atoms with Crippen molar-refractivity contribution in [2.24, 2.45) is 4.99 Å². The van der Waals surface area contributed by atoms with Gasteiger partial charge in [-0.1, -0.05) is 36.0 Å². The van der Waals surface area contributed by atoms with Crippen LogP contribution in [0, 0.1) is 0 Å². The second-order valence-electron chi connectivity index (χ2n) is 5.79. The molecule has 1 aromatic heterocycles. The van der Waals surface area contributed by atoms with E-state index >= 15 is 0 Å². The van der Waals surface area contributed by atoms with Gasteiger partial charge in [0.15, 0.2) is 0 Å². The van der Waals surface area contributed by atoms with Crippen LogP contribution in [0.3, 0.4) is 0 Å². The number of hydrogen-bond acceptors (Lipinski definition) is 5. The number of hydrogen-bond donors (Lipinski definition) is 2. The summed E-state index contributed by atoms with van der Waals surface area (Å²) in [7, 11) is 0. The lowest BCUT2D eigenvalue weighted by molar-refractivity contribution is -0.137. The molecule has 130 valence electrons. The van der Waals surface area contributed by atoms with Crippen LogP contribution in [-0.2, 0) is 11.3 Å². The van der Waals surface area contributed by atoms with Crippen molar-refractivity contribution in [1.29, 1.82) is 0 Å². The highest BCUT2D eigenvalue weighted by Gasteiger charge is 2.16. The molecule has 0 amide bonds. The molecule has 6 nitrogen and oxygen atoms in total. The van der Waals surface area contributed by atoms with Crippen LogP contribution < -0.4 is 4.87 Å². The topological polar surface area (TPSA) is 91.9 Å². The Balaban J connectivity index is 1.73. The number of carboxylic acid groups (broad SMARTS) is 1. The molecule has 2 N–H and O–H groups in total. The fraction of sp³-hybridized carbons (Fsp3) is 0.278. The SMILES string of the molecule is O=C(O)CCCCCn1c(O)c(C=C2C=Nc3ccccc32)sc1=O. The first-order valence-corrected chi connectivity index (χ1v) is 8.87. The quantitative estimate of drug-likeness (QED) is 0.741. The number of nitrogens with zero attached hydrogens (tertiary/aromatic N) is 2. The van der Waals surface area contributed by atoms with Crippen LogP contribution in [0.2, 0.25) is 0 Å². The van der Waals surface area contributed by atoms with Crippen molar-refractivity contribution in [1.82, 2.24) is 4.57 Å². The number of benzene rings is 1. The highest BCUT2D eigenvalue weighted by Crippen LogP contribution is 2.34. The van der Waals surface area contributed by atoms with Gasteiger partial charge in [-0.2, -0.15) is 0 Å². The van der Waals surface area contributed by atoms with Crippen LogP contribution in [-0.4, -0.2) is 27.0 Å². The maximum absolute atomic E-state index is 12.1. The number of rotatable bonds is 7. The molecule has 3 rings (SSSR count). The van der Waals surface area contributed by atoms with Gasteiger partial charge in [-0.3, -0.25) is 19.1 Å². The first-order chi connectivity index (χ1) is 12.1. The third-order valence-electron chi connectivity index (χ3n) is 4.01. The lowest BCUT2D eigenvalue weighted by atomic mass is 10.1. The van der Waals surface area contributed by atoms with Gasteiger partial charge in [-0.15, -0.1) is 0 Å². The molecule has 0 aliphatic carbocycles. The van der Waals surface area contributed by atoms with Crippen molar-refractivity contribution in [2.45, 2.75) is 32.2 Å². The van der Waals surface area contributed by atoms with Crippen LogP contribution in [0.15, 0.2) is 34.1 Å². The minimum atomic E-state index is -0.817. The molecule has 0 spiro atoms. The second kappa shape index (κ2) is 7.48. The smallest absolute Gasteiger partial charge is 0.310 e. The average Bonchev–Trinajstić information content (AvgIpc) is 3.10. The number of aliphatic imine (C=N–C) groups is 1. The molecule has 0 bridgehead atoms. The normalized spacial score (nSPS) is 14.2. The molecule has 1 aliphatic rings. The van der Waals surface area contributed by atoms with E-state index in [2.05, 4.69) is 4.99 Å². The first kappa shape index (κ1) is 17.2. The van der Waals surface area contributed by atoms with E-state index in [0.29, 0.717) is 30.7 Å². The Labute approximate surface area is 148 Å². The Morgan fingerprint density at radius 3 is 2.84 bits per heavy atom. The van der Waals surface area contributed by atoms with Crippen LogP contribution in [0.4, 0.5) is 5.69 Å². The molecular formula is C18H18N2O4S. The van der Waals surface area contributed by atoms with Gasteiger partial charge in [0.2, 0.25) is 5.88 Å². The number of unbranched alkanes of at least 4 members (excludes halogenated alkanes) is 2. The third kappa shape index (κ3) is 3.88. The standard InChI is InChI=1S/C18H18N2O4S/c21-16(22)8-2-1-5-9-20-17(23)15(25-18(20)24)10-12-11-19-14-7-4-3-6-13(12)14/h3-4,6-7,10-11,23H,1-2,5,8-9H2,(H,21,22). The molecule has 0 saturated carbocycles. The van der Waals surface area contributed by atoms with E-state index in [-0.39, 0.29) is 17.2 Å². The minimum Gasteiger partial charge on any atom is -0.493 e. The summed E-state index contributed by atoms with van der Waals surface area (Å²) < 4.78 is 1.34. The molecule has 0 fully saturated rings. The van der Waals surface area contributed by atoms with Gasteiger partial charge < -0.3 is 10.2 Å². The molecule has 25 heavy (non-hydrogen) atoms. The zero-order valence-corrected chi connectivity index (χ0v) is 14.3. The van der Waals surface area contributed by atoms with Crippen LogP contribution in [0.1, 0.15) is 36.1 Å². The van der Waals surface area contributed by atoms with E-state index < -0.39 is 5.97 Å². The van der Waals surface area contributed by atoms with E-state index in [4.69, 9.17) is 5.11 Å². The highest BCUT2D eigenvalue weighted by atomic mass is 32.1. The van der Waals surface area contributed by atoms with Crippen LogP contribution in [0.5, 0.6) is 5.88 Å². The Bertz CT molecular complexity index is 908. The van der Waals surface area contributed by atoms with Crippen molar-refractivity contribution in [2.75, 3.05) is 0 Å². The Hall–Kier alpha value is -2.67. The average molecular weight is 358 g/mol. The molecule has 0 radical (unpaired) electrons. The molecule has 1 aliphatic heterocycles. The van der Waals surface area contributed by atoms with Crippen LogP contribution in [0.25, 0.3) is 11.6 Å². The van der Waals surface area contributed by atoms with Crippen LogP contribution >= 0.6 is 11.3 Å². The summed E-state index contributed by atoms with van der Waals surface area (Å²) >= 11 is 0.996. The maximum Gasteiger partial charge on any atom is 0.310 e. The second-order valence-corrected chi connectivity index (χ2v) is 6.78. The predicted octanol–water partition coefficient (Wildman–Crippen LogP) is 3.52. The Morgan fingerprint density at radius 2 is 2.04 bits per heavy atom. The van der Waals surface area contributed by atoms with E-state index in [0.717, 1.165) is 28.2 Å². The van der Waals surface area contributed by atoms with E-state index in [9.17, 15) is 14.7 Å². The van der Waals surface area contributed by atoms with Crippen molar-refractivity contribution in [3.8, 4) is 5.88 Å². The number of aliphatic carboxylic acids is 1. The summed E-state index contributed by atoms with van der Waals surface area (Å²) in [5, 5.41) is 19.0. The molecule has 2 heterocycles. The van der Waals surface area contributed by atoms with Crippen molar-refractivity contribution < 1.29 is 15.0 Å². The Kier molecular flexibility index (Phi) is 5.14. The maximum atomic E-state index is 12.1. The van der Waals surface area contributed by atoms with Gasteiger partial charge in [0.25, 0.3) is 0 Å². The number of fused-ring (bicyclic) bond motifs is 1. The molecular weight excluding hydrogens is 340 g/mol. The van der Waals surface area contributed by atoms with E-state index in [1.165, 1.54) is 4.57 Å². The number of thiazole rings is 1. The number of aromatic hydroxyl groups is 1. The predicted molar refractivity (Wildman–Crippen MR) is 98.8 cm³/mol. The number of carboxylic acids is 1. The number of para-hydroxylation sites is 1. The highest BCUT2D eigenvalue weighted by molar-refractivity contribution is 7.10. The minimum absolute atomic E-state index is 0.0430. The fourth-order valence-electron chi connectivity index (χ4n) is 2.72. The largest absolute Gasteiger partial charge is 0.493 e. The molecule has 1 aromatic carbocycles. The summed E-state index contributed by atoms with van der Waals surface area (Å²) in [6.45, 7) is 0.384. The Morgan fingerprint density at radius 1 is 1.24 bits per heavy atom. The van der Waals surface area contributed by atoms with Gasteiger partial charge in [-0.25, -0.2) is 0 Å². The lowest BCUT2D eigenvalue weighted by Crippen LogP contribution is -2.12. The van der Waals surface area contributed by atoms with Crippen molar-refractivity contribution in [3.63, 3.8) is 0 Å². The molecule has 0 unspecified atom stereocenters. The summed E-state index contributed by atoms with van der Waals surface area (Å²) in [5.41, 5.74) is 2.71. The summed E-state index contributed by atoms with van der Waals surface area (Å²) in [6.07, 6.45) is 5.55. The van der Waals surface area contributed by atoms with Crippen molar-refractivity contribution >= 4 is 40.9 Å². The van der Waals surface area contributed by atoms with E-state index in [1.54, 1.807) is 12.3 Å². The lowest BCUT2D eigenvalue weighted by Gasteiger charge is -2.03. The van der Waals surface area contributed by atoms with Gasteiger partial charge in [0, 0.05) is 30.3 Å². The number of carbonyl (C=O) groups is 1.